The van der Waals surface area contributed by atoms with E-state index >= 15 is 0 Å². The van der Waals surface area contributed by atoms with E-state index in [0.29, 0.717) is 6.54 Å². The molecule has 0 radical (unpaired) electrons. The van der Waals surface area contributed by atoms with Gasteiger partial charge in [-0.3, -0.25) is 9.78 Å². The number of aryl methyl sites for hydroxylation is 3. The molecular weight excluding hydrogens is 324 g/mol. The number of hydrogen-bond acceptors (Lipinski definition) is 3. The van der Waals surface area contributed by atoms with Crippen molar-refractivity contribution in [2.75, 3.05) is 0 Å². The first-order valence-electron chi connectivity index (χ1n) is 9.14. The molecule has 5 rings (SSSR count). The van der Waals surface area contributed by atoms with E-state index in [1.54, 1.807) is 4.68 Å². The Kier molecular flexibility index (Phi) is 3.42. The maximum atomic E-state index is 13.0. The van der Waals surface area contributed by atoms with Crippen LogP contribution in [0.2, 0.25) is 0 Å². The van der Waals surface area contributed by atoms with Gasteiger partial charge in [-0.1, -0.05) is 18.2 Å². The molecule has 1 aliphatic heterocycles. The molecule has 0 N–H and O–H groups in total. The lowest BCUT2D eigenvalue weighted by Crippen LogP contribution is -2.23. The third-order valence-corrected chi connectivity index (χ3v) is 5.32. The van der Waals surface area contributed by atoms with Gasteiger partial charge in [0.2, 0.25) is 0 Å². The standard InChI is InChI=1S/C21H20N4O/c1-14-10-15(17-7-2-3-8-19(17)23-14)13-25-21(26)18-11-16-6-4-5-9-24(16)20(18)12-22-25/h2-3,7-8,10-12H,4-6,9,13H2,1H3. The summed E-state index contributed by atoms with van der Waals surface area (Å²) in [5.41, 5.74) is 5.20. The summed E-state index contributed by atoms with van der Waals surface area (Å²) in [6, 6.07) is 12.2. The van der Waals surface area contributed by atoms with Crippen LogP contribution in [0.4, 0.5) is 0 Å². The van der Waals surface area contributed by atoms with Gasteiger partial charge in [-0.2, -0.15) is 5.10 Å². The van der Waals surface area contributed by atoms with Gasteiger partial charge in [0, 0.05) is 23.3 Å². The van der Waals surface area contributed by atoms with Crippen LogP contribution in [-0.2, 0) is 19.5 Å². The summed E-state index contributed by atoms with van der Waals surface area (Å²) in [6.45, 7) is 3.43. The van der Waals surface area contributed by atoms with Crippen molar-refractivity contribution in [1.82, 2.24) is 19.3 Å². The predicted octanol–water partition coefficient (Wildman–Crippen LogP) is 3.44. The molecule has 0 bridgehead atoms. The van der Waals surface area contributed by atoms with Crippen LogP contribution in [0, 0.1) is 6.92 Å². The molecule has 1 aromatic carbocycles. The van der Waals surface area contributed by atoms with Gasteiger partial charge in [-0.25, -0.2) is 4.68 Å². The summed E-state index contributed by atoms with van der Waals surface area (Å²) < 4.78 is 3.83. The molecule has 0 unspecified atom stereocenters. The minimum atomic E-state index is -0.0112. The normalized spacial score (nSPS) is 14.0. The van der Waals surface area contributed by atoms with Crippen molar-refractivity contribution in [3.8, 4) is 0 Å². The smallest absolute Gasteiger partial charge is 0.276 e. The number of fused-ring (bicyclic) bond motifs is 4. The summed E-state index contributed by atoms with van der Waals surface area (Å²) in [5.74, 6) is 0. The molecule has 4 aromatic rings. The fourth-order valence-corrected chi connectivity index (χ4v) is 4.09. The van der Waals surface area contributed by atoms with Gasteiger partial charge in [0.05, 0.1) is 29.2 Å². The van der Waals surface area contributed by atoms with Gasteiger partial charge in [-0.15, -0.1) is 0 Å². The first-order valence-corrected chi connectivity index (χ1v) is 9.14. The zero-order valence-electron chi connectivity index (χ0n) is 14.8. The Morgan fingerprint density at radius 3 is 2.92 bits per heavy atom. The lowest BCUT2D eigenvalue weighted by atomic mass is 10.1. The van der Waals surface area contributed by atoms with Crippen molar-refractivity contribution in [3.63, 3.8) is 0 Å². The highest BCUT2D eigenvalue weighted by Gasteiger charge is 2.16. The lowest BCUT2D eigenvalue weighted by Gasteiger charge is -2.15. The average molecular weight is 344 g/mol. The Balaban J connectivity index is 1.65. The molecule has 1 aliphatic rings. The summed E-state index contributed by atoms with van der Waals surface area (Å²) in [4.78, 5) is 17.6. The molecule has 0 aliphatic carbocycles. The minimum absolute atomic E-state index is 0.0112. The van der Waals surface area contributed by atoms with Crippen LogP contribution < -0.4 is 5.56 Å². The Morgan fingerprint density at radius 1 is 1.12 bits per heavy atom. The van der Waals surface area contributed by atoms with E-state index < -0.39 is 0 Å². The number of benzene rings is 1. The number of aromatic nitrogens is 4. The van der Waals surface area contributed by atoms with Crippen LogP contribution in [0.3, 0.4) is 0 Å². The monoisotopic (exact) mass is 344 g/mol. The van der Waals surface area contributed by atoms with E-state index in [1.165, 1.54) is 18.5 Å². The zero-order valence-corrected chi connectivity index (χ0v) is 14.8. The molecule has 5 nitrogen and oxygen atoms in total. The predicted molar refractivity (Wildman–Crippen MR) is 103 cm³/mol. The molecule has 3 aromatic heterocycles. The molecule has 130 valence electrons. The molecule has 4 heterocycles. The molecule has 0 spiro atoms. The first-order chi connectivity index (χ1) is 12.7. The van der Waals surface area contributed by atoms with Crippen LogP contribution in [0.25, 0.3) is 21.8 Å². The van der Waals surface area contributed by atoms with E-state index in [2.05, 4.69) is 26.8 Å². The summed E-state index contributed by atoms with van der Waals surface area (Å²) in [6.07, 6.45) is 5.26. The van der Waals surface area contributed by atoms with E-state index in [9.17, 15) is 4.79 Å². The topological polar surface area (TPSA) is 52.7 Å². The Bertz CT molecular complexity index is 1200. The molecule has 26 heavy (non-hydrogen) atoms. The van der Waals surface area contributed by atoms with E-state index in [4.69, 9.17) is 0 Å². The van der Waals surface area contributed by atoms with E-state index in [1.807, 2.05) is 37.4 Å². The molecule has 5 heteroatoms. The van der Waals surface area contributed by atoms with Gasteiger partial charge < -0.3 is 4.57 Å². The van der Waals surface area contributed by atoms with Gasteiger partial charge in [0.25, 0.3) is 5.56 Å². The van der Waals surface area contributed by atoms with E-state index in [-0.39, 0.29) is 5.56 Å². The van der Waals surface area contributed by atoms with Gasteiger partial charge in [0.1, 0.15) is 0 Å². The number of rotatable bonds is 2. The van der Waals surface area contributed by atoms with Crippen molar-refractivity contribution in [2.24, 2.45) is 0 Å². The van der Waals surface area contributed by atoms with Crippen molar-refractivity contribution >= 4 is 21.8 Å². The van der Waals surface area contributed by atoms with Crippen molar-refractivity contribution in [3.05, 3.63) is 69.9 Å². The molecule has 0 atom stereocenters. The largest absolute Gasteiger partial charge is 0.343 e. The van der Waals surface area contributed by atoms with Crippen molar-refractivity contribution < 1.29 is 0 Å². The summed E-state index contributed by atoms with van der Waals surface area (Å²) in [7, 11) is 0. The first kappa shape index (κ1) is 15.3. The second kappa shape index (κ2) is 5.80. The second-order valence-electron chi connectivity index (χ2n) is 7.09. The minimum Gasteiger partial charge on any atom is -0.343 e. The van der Waals surface area contributed by atoms with Gasteiger partial charge in [0.15, 0.2) is 0 Å². The summed E-state index contributed by atoms with van der Waals surface area (Å²) in [5, 5.41) is 6.34. The van der Waals surface area contributed by atoms with Gasteiger partial charge in [-0.05, 0) is 49.9 Å². The molecule has 0 saturated carbocycles. The zero-order chi connectivity index (χ0) is 17.7. The fraction of sp³-hybridized carbons (Fsp3) is 0.286. The molecule has 0 amide bonds. The second-order valence-corrected chi connectivity index (χ2v) is 7.09. The van der Waals surface area contributed by atoms with Crippen molar-refractivity contribution in [1.29, 1.82) is 0 Å². The van der Waals surface area contributed by atoms with Crippen LogP contribution in [0.1, 0.15) is 29.8 Å². The van der Waals surface area contributed by atoms with Crippen LogP contribution in [0.15, 0.2) is 47.4 Å². The van der Waals surface area contributed by atoms with Crippen LogP contribution in [-0.4, -0.2) is 19.3 Å². The number of nitrogens with zero attached hydrogens (tertiary/aromatic N) is 4. The quantitative estimate of drug-likeness (QED) is 0.560. The molecule has 0 saturated heterocycles. The third kappa shape index (κ3) is 2.35. The maximum absolute atomic E-state index is 13.0. The number of hydrogen-bond donors (Lipinski definition) is 0. The Hall–Kier alpha value is -2.95. The Labute approximate surface area is 150 Å². The Morgan fingerprint density at radius 2 is 2.00 bits per heavy atom. The molecular formula is C21H20N4O. The van der Waals surface area contributed by atoms with Crippen LogP contribution in [0.5, 0.6) is 0 Å². The lowest BCUT2D eigenvalue weighted by molar-refractivity contribution is 0.543. The highest BCUT2D eigenvalue weighted by molar-refractivity contribution is 5.82. The van der Waals surface area contributed by atoms with E-state index in [0.717, 1.165) is 46.0 Å². The average Bonchev–Trinajstić information content (AvgIpc) is 3.03. The van der Waals surface area contributed by atoms with Crippen LogP contribution >= 0.6 is 0 Å². The highest BCUT2D eigenvalue weighted by atomic mass is 16.1. The van der Waals surface area contributed by atoms with Crippen molar-refractivity contribution in [2.45, 2.75) is 39.3 Å². The van der Waals surface area contributed by atoms with Gasteiger partial charge >= 0.3 is 0 Å². The third-order valence-electron chi connectivity index (χ3n) is 5.32. The fourth-order valence-electron chi connectivity index (χ4n) is 4.09. The SMILES string of the molecule is Cc1cc(Cn2ncc3c(cc4n3CCCC4)c2=O)c2ccccc2n1. The number of para-hydroxylation sites is 1. The number of pyridine rings is 1. The highest BCUT2D eigenvalue weighted by Crippen LogP contribution is 2.23. The molecule has 0 fully saturated rings. The summed E-state index contributed by atoms with van der Waals surface area (Å²) >= 11 is 0. The maximum Gasteiger partial charge on any atom is 0.276 e.